The highest BCUT2D eigenvalue weighted by molar-refractivity contribution is 7.88. The highest BCUT2D eigenvalue weighted by Crippen LogP contribution is 2.12. The number of piperidine rings is 1. The zero-order valence-electron chi connectivity index (χ0n) is 8.99. The van der Waals surface area contributed by atoms with E-state index in [0.29, 0.717) is 19.1 Å². The molecular formula is C9H20N2O2S. The fourth-order valence-corrected chi connectivity index (χ4v) is 2.61. The average Bonchev–Trinajstić information content (AvgIpc) is 2.14. The Bertz CT molecular complexity index is 256. The zero-order chi connectivity index (χ0) is 10.6. The van der Waals surface area contributed by atoms with Crippen LogP contribution in [0.4, 0.5) is 0 Å². The van der Waals surface area contributed by atoms with Crippen LogP contribution in [0.25, 0.3) is 0 Å². The van der Waals surface area contributed by atoms with E-state index in [0.717, 1.165) is 25.8 Å². The van der Waals surface area contributed by atoms with Crippen molar-refractivity contribution in [1.82, 2.24) is 9.62 Å². The van der Waals surface area contributed by atoms with Crippen LogP contribution in [-0.2, 0) is 10.0 Å². The van der Waals surface area contributed by atoms with Crippen molar-refractivity contribution in [2.75, 3.05) is 25.9 Å². The number of hydrogen-bond acceptors (Lipinski definition) is 3. The SMILES string of the molecule is CCCNC1CCN(S(C)(=O)=O)CC1. The first-order valence-electron chi connectivity index (χ1n) is 5.22. The quantitative estimate of drug-likeness (QED) is 0.746. The third-order valence-electron chi connectivity index (χ3n) is 2.61. The van der Waals surface area contributed by atoms with E-state index in [4.69, 9.17) is 0 Å². The van der Waals surface area contributed by atoms with Gasteiger partial charge in [-0.15, -0.1) is 0 Å². The Morgan fingerprint density at radius 1 is 1.36 bits per heavy atom. The van der Waals surface area contributed by atoms with E-state index in [1.165, 1.54) is 6.26 Å². The first-order chi connectivity index (χ1) is 6.54. The molecular weight excluding hydrogens is 200 g/mol. The molecule has 0 saturated carbocycles. The van der Waals surface area contributed by atoms with Gasteiger partial charge in [0, 0.05) is 19.1 Å². The summed E-state index contributed by atoms with van der Waals surface area (Å²) in [7, 11) is -2.96. The summed E-state index contributed by atoms with van der Waals surface area (Å²) in [4.78, 5) is 0. The van der Waals surface area contributed by atoms with Gasteiger partial charge in [-0.3, -0.25) is 0 Å². The molecule has 0 amide bonds. The number of nitrogens with zero attached hydrogens (tertiary/aromatic N) is 1. The van der Waals surface area contributed by atoms with Gasteiger partial charge in [0.25, 0.3) is 0 Å². The summed E-state index contributed by atoms with van der Waals surface area (Å²) >= 11 is 0. The van der Waals surface area contributed by atoms with Crippen molar-refractivity contribution in [1.29, 1.82) is 0 Å². The lowest BCUT2D eigenvalue weighted by Gasteiger charge is -2.30. The lowest BCUT2D eigenvalue weighted by Crippen LogP contribution is -2.44. The first-order valence-corrected chi connectivity index (χ1v) is 7.07. The second kappa shape index (κ2) is 5.09. The number of sulfonamides is 1. The maximum atomic E-state index is 11.2. The molecule has 1 heterocycles. The van der Waals surface area contributed by atoms with Gasteiger partial charge in [-0.2, -0.15) is 0 Å². The summed E-state index contributed by atoms with van der Waals surface area (Å²) in [5.74, 6) is 0. The van der Waals surface area contributed by atoms with E-state index < -0.39 is 10.0 Å². The normalized spacial score (nSPS) is 21.3. The van der Waals surface area contributed by atoms with Crippen LogP contribution in [0.5, 0.6) is 0 Å². The number of rotatable bonds is 4. The molecule has 0 aromatic rings. The highest BCUT2D eigenvalue weighted by atomic mass is 32.2. The molecule has 5 heteroatoms. The monoisotopic (exact) mass is 220 g/mol. The summed E-state index contributed by atoms with van der Waals surface area (Å²) in [6.07, 6.45) is 4.29. The minimum Gasteiger partial charge on any atom is -0.314 e. The van der Waals surface area contributed by atoms with Crippen molar-refractivity contribution in [3.05, 3.63) is 0 Å². The van der Waals surface area contributed by atoms with Gasteiger partial charge in [0.1, 0.15) is 0 Å². The molecule has 0 unspecified atom stereocenters. The molecule has 84 valence electrons. The Hall–Kier alpha value is -0.130. The van der Waals surface area contributed by atoms with Crippen LogP contribution in [0, 0.1) is 0 Å². The van der Waals surface area contributed by atoms with E-state index in [1.54, 1.807) is 4.31 Å². The van der Waals surface area contributed by atoms with Gasteiger partial charge in [-0.1, -0.05) is 6.92 Å². The number of hydrogen-bond donors (Lipinski definition) is 1. The molecule has 0 spiro atoms. The maximum Gasteiger partial charge on any atom is 0.211 e. The fraction of sp³-hybridized carbons (Fsp3) is 1.00. The molecule has 1 fully saturated rings. The second-order valence-electron chi connectivity index (χ2n) is 3.89. The van der Waals surface area contributed by atoms with Crippen LogP contribution in [0.1, 0.15) is 26.2 Å². The van der Waals surface area contributed by atoms with E-state index in [-0.39, 0.29) is 0 Å². The molecule has 0 bridgehead atoms. The third kappa shape index (κ3) is 3.55. The van der Waals surface area contributed by atoms with Gasteiger partial charge in [-0.05, 0) is 25.8 Å². The molecule has 1 aliphatic heterocycles. The topological polar surface area (TPSA) is 49.4 Å². The predicted molar refractivity (Wildman–Crippen MR) is 57.7 cm³/mol. The molecule has 4 nitrogen and oxygen atoms in total. The zero-order valence-corrected chi connectivity index (χ0v) is 9.81. The Kier molecular flexibility index (Phi) is 4.34. The average molecular weight is 220 g/mol. The minimum atomic E-state index is -2.96. The van der Waals surface area contributed by atoms with Gasteiger partial charge in [0.2, 0.25) is 10.0 Å². The van der Waals surface area contributed by atoms with Crippen molar-refractivity contribution in [2.45, 2.75) is 32.2 Å². The van der Waals surface area contributed by atoms with Crippen molar-refractivity contribution >= 4 is 10.0 Å². The Morgan fingerprint density at radius 3 is 2.36 bits per heavy atom. The summed E-state index contributed by atoms with van der Waals surface area (Å²) in [5.41, 5.74) is 0. The van der Waals surface area contributed by atoms with Crippen LogP contribution in [0.15, 0.2) is 0 Å². The molecule has 0 aromatic heterocycles. The number of nitrogens with one attached hydrogen (secondary N) is 1. The predicted octanol–water partition coefficient (Wildman–Crippen LogP) is 0.410. The van der Waals surface area contributed by atoms with E-state index in [2.05, 4.69) is 12.2 Å². The van der Waals surface area contributed by atoms with Gasteiger partial charge in [-0.25, -0.2) is 12.7 Å². The summed E-state index contributed by atoms with van der Waals surface area (Å²) in [5, 5.41) is 3.42. The van der Waals surface area contributed by atoms with Crippen LogP contribution in [0.2, 0.25) is 0 Å². The van der Waals surface area contributed by atoms with E-state index in [1.807, 2.05) is 0 Å². The van der Waals surface area contributed by atoms with Gasteiger partial charge >= 0.3 is 0 Å². The molecule has 0 radical (unpaired) electrons. The second-order valence-corrected chi connectivity index (χ2v) is 5.87. The molecule has 0 aliphatic carbocycles. The fourth-order valence-electron chi connectivity index (χ4n) is 1.74. The Labute approximate surface area is 86.7 Å². The largest absolute Gasteiger partial charge is 0.314 e. The Morgan fingerprint density at radius 2 is 1.93 bits per heavy atom. The molecule has 1 rings (SSSR count). The van der Waals surface area contributed by atoms with E-state index >= 15 is 0 Å². The summed E-state index contributed by atoms with van der Waals surface area (Å²) in [6, 6.07) is 0.507. The first kappa shape index (κ1) is 11.9. The highest BCUT2D eigenvalue weighted by Gasteiger charge is 2.23. The van der Waals surface area contributed by atoms with Crippen molar-refractivity contribution in [2.24, 2.45) is 0 Å². The molecule has 1 saturated heterocycles. The molecule has 0 atom stereocenters. The summed E-state index contributed by atoms with van der Waals surface area (Å²) < 4.78 is 24.0. The van der Waals surface area contributed by atoms with Crippen LogP contribution < -0.4 is 5.32 Å². The van der Waals surface area contributed by atoms with Crippen LogP contribution in [-0.4, -0.2) is 44.7 Å². The standard InChI is InChI=1S/C9H20N2O2S/c1-3-6-10-9-4-7-11(8-5-9)14(2,12)13/h9-10H,3-8H2,1-2H3. The third-order valence-corrected chi connectivity index (χ3v) is 3.91. The molecule has 0 aromatic carbocycles. The van der Waals surface area contributed by atoms with Gasteiger partial charge in [0.05, 0.1) is 6.26 Å². The molecule has 1 aliphatic rings. The van der Waals surface area contributed by atoms with Crippen molar-refractivity contribution < 1.29 is 8.42 Å². The minimum absolute atomic E-state index is 0.507. The molecule has 14 heavy (non-hydrogen) atoms. The summed E-state index contributed by atoms with van der Waals surface area (Å²) in [6.45, 7) is 4.50. The lowest BCUT2D eigenvalue weighted by molar-refractivity contribution is 0.291. The van der Waals surface area contributed by atoms with Gasteiger partial charge in [0.15, 0.2) is 0 Å². The van der Waals surface area contributed by atoms with Crippen LogP contribution >= 0.6 is 0 Å². The van der Waals surface area contributed by atoms with E-state index in [9.17, 15) is 8.42 Å². The molecule has 1 N–H and O–H groups in total. The smallest absolute Gasteiger partial charge is 0.211 e. The van der Waals surface area contributed by atoms with Crippen molar-refractivity contribution in [3.8, 4) is 0 Å². The lowest BCUT2D eigenvalue weighted by atomic mass is 10.1. The Balaban J connectivity index is 2.31. The van der Waals surface area contributed by atoms with Crippen LogP contribution in [0.3, 0.4) is 0 Å². The van der Waals surface area contributed by atoms with Crippen molar-refractivity contribution in [3.63, 3.8) is 0 Å². The maximum absolute atomic E-state index is 11.2. The van der Waals surface area contributed by atoms with Gasteiger partial charge < -0.3 is 5.32 Å².